The molecule has 0 aliphatic heterocycles. The minimum Gasteiger partial charge on any atom is -0.312 e. The van der Waals surface area contributed by atoms with Gasteiger partial charge in [-0.1, -0.05) is 29.8 Å². The van der Waals surface area contributed by atoms with Crippen LogP contribution in [-0.4, -0.2) is 16.7 Å². The number of hydrogen-bond acceptors (Lipinski definition) is 2. The normalized spacial score (nSPS) is 10.7. The van der Waals surface area contributed by atoms with E-state index in [2.05, 4.69) is 46.7 Å². The molecular weight excluding hydrogens is 210 g/mol. The largest absolute Gasteiger partial charge is 0.312 e. The van der Waals surface area contributed by atoms with Crippen LogP contribution in [0.3, 0.4) is 0 Å². The number of aryl methyl sites for hydroxylation is 2. The number of hydrogen-bond donors (Lipinski definition) is 2. The van der Waals surface area contributed by atoms with Crippen molar-refractivity contribution in [2.24, 2.45) is 0 Å². The van der Waals surface area contributed by atoms with Gasteiger partial charge in [0.05, 0.1) is 6.20 Å². The maximum Gasteiger partial charge on any atom is 0.0535 e. The summed E-state index contributed by atoms with van der Waals surface area (Å²) in [5.41, 5.74) is 5.11. The molecule has 0 unspecified atom stereocenters. The number of nitrogens with one attached hydrogen (secondary N) is 2. The fourth-order valence-electron chi connectivity index (χ4n) is 1.88. The quantitative estimate of drug-likeness (QED) is 0.773. The SMILES string of the molecule is Cc1cccc(CCNCc2cn[nH]c2C)c1. The van der Waals surface area contributed by atoms with Crippen LogP contribution in [0.1, 0.15) is 22.4 Å². The van der Waals surface area contributed by atoms with Crippen molar-refractivity contribution in [2.75, 3.05) is 6.54 Å². The Kier molecular flexibility index (Phi) is 3.94. The number of aromatic amines is 1. The Hall–Kier alpha value is -1.61. The zero-order valence-electron chi connectivity index (χ0n) is 10.5. The molecule has 2 rings (SSSR count). The third-order valence-electron chi connectivity index (χ3n) is 2.92. The summed E-state index contributed by atoms with van der Waals surface area (Å²) in [6.45, 7) is 6.05. The number of nitrogens with zero attached hydrogens (tertiary/aromatic N) is 1. The maximum atomic E-state index is 4.01. The van der Waals surface area contributed by atoms with E-state index in [-0.39, 0.29) is 0 Å². The van der Waals surface area contributed by atoms with E-state index in [9.17, 15) is 0 Å². The molecule has 0 aliphatic rings. The van der Waals surface area contributed by atoms with Gasteiger partial charge in [0.2, 0.25) is 0 Å². The average Bonchev–Trinajstić information content (AvgIpc) is 2.71. The summed E-state index contributed by atoms with van der Waals surface area (Å²) in [5, 5.41) is 10.4. The van der Waals surface area contributed by atoms with E-state index < -0.39 is 0 Å². The summed E-state index contributed by atoms with van der Waals surface area (Å²) in [4.78, 5) is 0. The first kappa shape index (κ1) is 11.9. The van der Waals surface area contributed by atoms with Crippen molar-refractivity contribution in [1.82, 2.24) is 15.5 Å². The van der Waals surface area contributed by atoms with Gasteiger partial charge < -0.3 is 5.32 Å². The van der Waals surface area contributed by atoms with E-state index in [1.54, 1.807) is 0 Å². The van der Waals surface area contributed by atoms with Gasteiger partial charge in [-0.3, -0.25) is 5.10 Å². The molecule has 0 saturated heterocycles. The highest BCUT2D eigenvalue weighted by Gasteiger charge is 1.99. The first-order valence-corrected chi connectivity index (χ1v) is 6.01. The molecule has 3 heteroatoms. The van der Waals surface area contributed by atoms with Gasteiger partial charge in [-0.25, -0.2) is 0 Å². The van der Waals surface area contributed by atoms with Gasteiger partial charge in [0.25, 0.3) is 0 Å². The third kappa shape index (κ3) is 3.43. The minimum atomic E-state index is 0.883. The minimum absolute atomic E-state index is 0.883. The molecule has 90 valence electrons. The van der Waals surface area contributed by atoms with Crippen molar-refractivity contribution in [3.05, 3.63) is 52.8 Å². The van der Waals surface area contributed by atoms with Crippen LogP contribution in [0.2, 0.25) is 0 Å². The Morgan fingerprint density at radius 3 is 2.88 bits per heavy atom. The third-order valence-corrected chi connectivity index (χ3v) is 2.92. The van der Waals surface area contributed by atoms with Crippen LogP contribution < -0.4 is 5.32 Å². The number of aromatic nitrogens is 2. The molecule has 0 saturated carbocycles. The van der Waals surface area contributed by atoms with Crippen LogP contribution in [0.4, 0.5) is 0 Å². The number of H-pyrrole nitrogens is 1. The monoisotopic (exact) mass is 229 g/mol. The van der Waals surface area contributed by atoms with E-state index in [4.69, 9.17) is 0 Å². The second kappa shape index (κ2) is 5.64. The molecule has 0 spiro atoms. The second-order valence-corrected chi connectivity index (χ2v) is 4.44. The lowest BCUT2D eigenvalue weighted by atomic mass is 10.1. The van der Waals surface area contributed by atoms with E-state index in [1.165, 1.54) is 16.7 Å². The maximum absolute atomic E-state index is 4.01. The fourth-order valence-corrected chi connectivity index (χ4v) is 1.88. The van der Waals surface area contributed by atoms with E-state index in [0.29, 0.717) is 0 Å². The van der Waals surface area contributed by atoms with Gasteiger partial charge in [-0.2, -0.15) is 5.10 Å². The van der Waals surface area contributed by atoms with Crippen LogP contribution in [-0.2, 0) is 13.0 Å². The average molecular weight is 229 g/mol. The first-order chi connectivity index (χ1) is 8.25. The van der Waals surface area contributed by atoms with E-state index in [0.717, 1.165) is 25.2 Å². The molecule has 0 aliphatic carbocycles. The van der Waals surface area contributed by atoms with Crippen molar-refractivity contribution in [3.63, 3.8) is 0 Å². The van der Waals surface area contributed by atoms with Crippen LogP contribution in [0.25, 0.3) is 0 Å². The predicted octanol–water partition coefficient (Wildman–Crippen LogP) is 2.36. The van der Waals surface area contributed by atoms with E-state index in [1.807, 2.05) is 13.1 Å². The Labute approximate surface area is 102 Å². The Morgan fingerprint density at radius 2 is 2.18 bits per heavy atom. The number of rotatable bonds is 5. The molecule has 1 heterocycles. The van der Waals surface area contributed by atoms with Crippen molar-refractivity contribution < 1.29 is 0 Å². The van der Waals surface area contributed by atoms with Crippen LogP contribution in [0.5, 0.6) is 0 Å². The fraction of sp³-hybridized carbons (Fsp3) is 0.357. The summed E-state index contributed by atoms with van der Waals surface area (Å²) in [5.74, 6) is 0. The Morgan fingerprint density at radius 1 is 1.29 bits per heavy atom. The lowest BCUT2D eigenvalue weighted by Gasteiger charge is -2.05. The highest BCUT2D eigenvalue weighted by Crippen LogP contribution is 2.05. The van der Waals surface area contributed by atoms with Crippen LogP contribution in [0.15, 0.2) is 30.5 Å². The zero-order chi connectivity index (χ0) is 12.1. The Balaban J connectivity index is 1.75. The lowest BCUT2D eigenvalue weighted by molar-refractivity contribution is 0.684. The van der Waals surface area contributed by atoms with Crippen LogP contribution >= 0.6 is 0 Å². The second-order valence-electron chi connectivity index (χ2n) is 4.44. The molecule has 0 amide bonds. The smallest absolute Gasteiger partial charge is 0.0535 e. The molecule has 2 N–H and O–H groups in total. The molecule has 17 heavy (non-hydrogen) atoms. The summed E-state index contributed by atoms with van der Waals surface area (Å²) in [7, 11) is 0. The first-order valence-electron chi connectivity index (χ1n) is 6.01. The van der Waals surface area contributed by atoms with Gasteiger partial charge in [-0.15, -0.1) is 0 Å². The topological polar surface area (TPSA) is 40.7 Å². The van der Waals surface area contributed by atoms with Crippen LogP contribution in [0, 0.1) is 13.8 Å². The van der Waals surface area contributed by atoms with Gasteiger partial charge >= 0.3 is 0 Å². The summed E-state index contributed by atoms with van der Waals surface area (Å²) in [6.07, 6.45) is 2.95. The van der Waals surface area contributed by atoms with Gasteiger partial charge in [0, 0.05) is 17.8 Å². The zero-order valence-corrected chi connectivity index (χ0v) is 10.5. The van der Waals surface area contributed by atoms with Crippen molar-refractivity contribution in [2.45, 2.75) is 26.8 Å². The van der Waals surface area contributed by atoms with Crippen molar-refractivity contribution >= 4 is 0 Å². The standard InChI is InChI=1S/C14H19N3/c1-11-4-3-5-13(8-11)6-7-15-9-14-10-16-17-12(14)2/h3-5,8,10,15H,6-7,9H2,1-2H3,(H,16,17). The molecule has 3 nitrogen and oxygen atoms in total. The van der Waals surface area contributed by atoms with Crippen molar-refractivity contribution in [3.8, 4) is 0 Å². The summed E-state index contributed by atoms with van der Waals surface area (Å²) < 4.78 is 0. The summed E-state index contributed by atoms with van der Waals surface area (Å²) >= 11 is 0. The van der Waals surface area contributed by atoms with Gasteiger partial charge in [-0.05, 0) is 32.4 Å². The molecule has 0 bridgehead atoms. The lowest BCUT2D eigenvalue weighted by Crippen LogP contribution is -2.16. The highest BCUT2D eigenvalue weighted by atomic mass is 15.1. The van der Waals surface area contributed by atoms with E-state index >= 15 is 0 Å². The number of benzene rings is 1. The van der Waals surface area contributed by atoms with Gasteiger partial charge in [0.15, 0.2) is 0 Å². The van der Waals surface area contributed by atoms with Gasteiger partial charge in [0.1, 0.15) is 0 Å². The predicted molar refractivity (Wildman–Crippen MR) is 69.9 cm³/mol. The molecule has 1 aromatic carbocycles. The molecular formula is C14H19N3. The molecule has 1 aromatic heterocycles. The molecule has 0 atom stereocenters. The molecule has 2 aromatic rings. The summed E-state index contributed by atoms with van der Waals surface area (Å²) in [6, 6.07) is 8.67. The highest BCUT2D eigenvalue weighted by molar-refractivity contribution is 5.22. The Bertz CT molecular complexity index is 474. The van der Waals surface area contributed by atoms with Crippen molar-refractivity contribution in [1.29, 1.82) is 0 Å². The molecule has 0 fully saturated rings. The molecule has 0 radical (unpaired) electrons.